The molecule has 3 rings (SSSR count). The number of piperazine rings is 1. The minimum absolute atomic E-state index is 0.628. The Morgan fingerprint density at radius 2 is 1.63 bits per heavy atom. The molecular weight excluding hydrogens is 258 g/mol. The number of hydrogen-bond donors (Lipinski definition) is 3. The van der Waals surface area contributed by atoms with Crippen LogP contribution in [0.15, 0.2) is 30.3 Å². The third-order valence-corrected chi connectivity index (χ3v) is 3.09. The maximum Gasteiger partial charge on any atom is 0.199 e. The molecule has 0 aliphatic carbocycles. The molecule has 0 spiro atoms. The first kappa shape index (κ1) is 13.9. The quantitative estimate of drug-likeness (QED) is 0.690. The van der Waals surface area contributed by atoms with Crippen molar-refractivity contribution in [3.63, 3.8) is 0 Å². The molecule has 1 aromatic heterocycles. The summed E-state index contributed by atoms with van der Waals surface area (Å²) in [4.78, 5) is 0. The first-order chi connectivity index (χ1) is 9.29. The summed E-state index contributed by atoms with van der Waals surface area (Å²) in [6.07, 6.45) is 0. The van der Waals surface area contributed by atoms with Crippen LogP contribution in [0.25, 0.3) is 5.69 Å². The van der Waals surface area contributed by atoms with E-state index in [1.807, 2.05) is 41.8 Å². The Kier molecular flexibility index (Phi) is 5.26. The number of nitrogens with one attached hydrogen (secondary N) is 3. The predicted octanol–water partition coefficient (Wildman–Crippen LogP) is 1.42. The van der Waals surface area contributed by atoms with Gasteiger partial charge in [0.25, 0.3) is 0 Å². The second-order valence-corrected chi connectivity index (χ2v) is 4.63. The number of benzene rings is 1. The fraction of sp³-hybridized carbons (Fsp3) is 0.385. The highest BCUT2D eigenvalue weighted by molar-refractivity contribution is 7.71. The summed E-state index contributed by atoms with van der Waals surface area (Å²) in [5.41, 5.74) is 1.04. The van der Waals surface area contributed by atoms with Crippen LogP contribution in [0, 0.1) is 11.7 Å². The van der Waals surface area contributed by atoms with Crippen LogP contribution in [0.3, 0.4) is 0 Å². The van der Waals surface area contributed by atoms with Crippen LogP contribution in [0.2, 0.25) is 0 Å². The average molecular weight is 277 g/mol. The van der Waals surface area contributed by atoms with Crippen LogP contribution >= 0.6 is 12.2 Å². The van der Waals surface area contributed by atoms with Crippen LogP contribution in [-0.4, -0.2) is 40.9 Å². The molecule has 2 aromatic rings. The summed E-state index contributed by atoms with van der Waals surface area (Å²) < 4.78 is 2.53. The van der Waals surface area contributed by atoms with Gasteiger partial charge in [0.15, 0.2) is 4.77 Å². The predicted molar refractivity (Wildman–Crippen MR) is 79.2 cm³/mol. The Bertz CT molecular complexity index is 530. The maximum atomic E-state index is 5.10. The van der Waals surface area contributed by atoms with Gasteiger partial charge in [0, 0.05) is 31.9 Å². The third kappa shape index (κ3) is 3.99. The number of aromatic amines is 1. The summed E-state index contributed by atoms with van der Waals surface area (Å²) in [5.74, 6) is 0.871. The molecule has 1 aromatic carbocycles. The summed E-state index contributed by atoms with van der Waals surface area (Å²) in [7, 11) is 0. The molecule has 19 heavy (non-hydrogen) atoms. The van der Waals surface area contributed by atoms with Gasteiger partial charge >= 0.3 is 0 Å². The highest BCUT2D eigenvalue weighted by Gasteiger charge is 2.01. The van der Waals surface area contributed by atoms with Crippen molar-refractivity contribution in [3.8, 4) is 5.69 Å². The third-order valence-electron chi connectivity index (χ3n) is 2.81. The van der Waals surface area contributed by atoms with Gasteiger partial charge in [-0.25, -0.2) is 0 Å². The van der Waals surface area contributed by atoms with Gasteiger partial charge in [-0.2, -0.15) is 5.10 Å². The van der Waals surface area contributed by atoms with Crippen molar-refractivity contribution in [2.45, 2.75) is 6.92 Å². The molecule has 1 aliphatic heterocycles. The first-order valence-corrected chi connectivity index (χ1v) is 6.81. The largest absolute Gasteiger partial charge is 0.314 e. The van der Waals surface area contributed by atoms with Gasteiger partial charge in [0.1, 0.15) is 5.82 Å². The number of aryl methyl sites for hydroxylation is 1. The van der Waals surface area contributed by atoms with E-state index in [4.69, 9.17) is 12.2 Å². The second-order valence-electron chi connectivity index (χ2n) is 4.25. The number of nitrogens with zero attached hydrogens (tertiary/aromatic N) is 2. The smallest absolute Gasteiger partial charge is 0.199 e. The number of H-pyrrole nitrogens is 1. The minimum Gasteiger partial charge on any atom is -0.314 e. The topological polar surface area (TPSA) is 57.7 Å². The number of para-hydroxylation sites is 1. The van der Waals surface area contributed by atoms with Gasteiger partial charge in [-0.05, 0) is 31.3 Å². The van der Waals surface area contributed by atoms with Crippen molar-refractivity contribution in [1.82, 2.24) is 25.4 Å². The van der Waals surface area contributed by atoms with Crippen molar-refractivity contribution >= 4 is 12.2 Å². The van der Waals surface area contributed by atoms with E-state index < -0.39 is 0 Å². The molecule has 0 atom stereocenters. The van der Waals surface area contributed by atoms with Crippen LogP contribution in [0.4, 0.5) is 0 Å². The molecule has 3 N–H and O–H groups in total. The SMILES string of the molecule is C1CNCCN1.Cc1n[nH]c(=S)n1-c1ccccc1. The normalized spacial score (nSPS) is 14.6. The van der Waals surface area contributed by atoms with E-state index in [0.29, 0.717) is 4.77 Å². The highest BCUT2D eigenvalue weighted by Crippen LogP contribution is 2.08. The van der Waals surface area contributed by atoms with Crippen molar-refractivity contribution in [3.05, 3.63) is 40.9 Å². The first-order valence-electron chi connectivity index (χ1n) is 6.40. The molecular formula is C13H19N5S. The molecule has 102 valence electrons. The van der Waals surface area contributed by atoms with Gasteiger partial charge in [0.05, 0.1) is 0 Å². The van der Waals surface area contributed by atoms with E-state index in [-0.39, 0.29) is 0 Å². The van der Waals surface area contributed by atoms with Crippen molar-refractivity contribution in [2.75, 3.05) is 26.2 Å². The van der Waals surface area contributed by atoms with E-state index in [1.54, 1.807) is 0 Å². The van der Waals surface area contributed by atoms with Crippen LogP contribution in [0.1, 0.15) is 5.82 Å². The zero-order valence-electron chi connectivity index (χ0n) is 11.0. The molecule has 0 unspecified atom stereocenters. The molecule has 1 aliphatic rings. The Labute approximate surface area is 118 Å². The molecule has 5 nitrogen and oxygen atoms in total. The number of hydrogen-bond acceptors (Lipinski definition) is 4. The Morgan fingerprint density at radius 3 is 2.05 bits per heavy atom. The molecule has 0 radical (unpaired) electrons. The van der Waals surface area contributed by atoms with Crippen LogP contribution in [-0.2, 0) is 0 Å². The van der Waals surface area contributed by atoms with E-state index in [1.165, 1.54) is 0 Å². The zero-order chi connectivity index (χ0) is 13.5. The average Bonchev–Trinajstić information content (AvgIpc) is 2.82. The van der Waals surface area contributed by atoms with Gasteiger partial charge in [-0.1, -0.05) is 18.2 Å². The molecule has 0 amide bonds. The van der Waals surface area contributed by atoms with E-state index in [0.717, 1.165) is 37.7 Å². The molecule has 1 fully saturated rings. The Hall–Kier alpha value is -1.50. The lowest BCUT2D eigenvalue weighted by molar-refractivity contribution is 0.534. The summed E-state index contributed by atoms with van der Waals surface area (Å²) in [6, 6.07) is 9.92. The molecule has 2 heterocycles. The number of rotatable bonds is 1. The zero-order valence-corrected chi connectivity index (χ0v) is 11.8. The van der Waals surface area contributed by atoms with E-state index in [9.17, 15) is 0 Å². The minimum atomic E-state index is 0.628. The van der Waals surface area contributed by atoms with Gasteiger partial charge in [-0.3, -0.25) is 9.67 Å². The molecule has 0 saturated carbocycles. The van der Waals surface area contributed by atoms with Gasteiger partial charge < -0.3 is 10.6 Å². The van der Waals surface area contributed by atoms with Crippen LogP contribution < -0.4 is 10.6 Å². The fourth-order valence-corrected chi connectivity index (χ4v) is 2.14. The van der Waals surface area contributed by atoms with Gasteiger partial charge in [0.2, 0.25) is 0 Å². The second kappa shape index (κ2) is 7.18. The fourth-order valence-electron chi connectivity index (χ4n) is 1.86. The Morgan fingerprint density at radius 1 is 1.05 bits per heavy atom. The van der Waals surface area contributed by atoms with E-state index >= 15 is 0 Å². The van der Waals surface area contributed by atoms with Crippen molar-refractivity contribution < 1.29 is 0 Å². The van der Waals surface area contributed by atoms with Crippen molar-refractivity contribution in [1.29, 1.82) is 0 Å². The summed E-state index contributed by atoms with van der Waals surface area (Å²) >= 11 is 5.10. The standard InChI is InChI=1S/C9H9N3S.C4H10N2/c1-7-10-11-9(13)12(7)8-5-3-2-4-6-8;1-2-6-4-3-5-1/h2-6H,1H3,(H,11,13);5-6H,1-4H2. The Balaban J connectivity index is 0.000000186. The van der Waals surface area contributed by atoms with Gasteiger partial charge in [-0.15, -0.1) is 0 Å². The lowest BCUT2D eigenvalue weighted by atomic mass is 10.3. The lowest BCUT2D eigenvalue weighted by Gasteiger charge is -2.11. The lowest BCUT2D eigenvalue weighted by Crippen LogP contribution is -2.39. The van der Waals surface area contributed by atoms with Crippen LogP contribution in [0.5, 0.6) is 0 Å². The summed E-state index contributed by atoms with van der Waals surface area (Å²) in [6.45, 7) is 6.47. The number of aromatic nitrogens is 3. The van der Waals surface area contributed by atoms with E-state index in [2.05, 4.69) is 20.8 Å². The molecule has 0 bridgehead atoms. The highest BCUT2D eigenvalue weighted by atomic mass is 32.1. The van der Waals surface area contributed by atoms with Crippen molar-refractivity contribution in [2.24, 2.45) is 0 Å². The molecule has 6 heteroatoms. The molecule has 1 saturated heterocycles. The monoisotopic (exact) mass is 277 g/mol. The summed E-state index contributed by atoms with van der Waals surface area (Å²) in [5, 5.41) is 13.2. The maximum absolute atomic E-state index is 5.10.